The van der Waals surface area contributed by atoms with Crippen LogP contribution in [0.25, 0.3) is 0 Å². The zero-order valence-corrected chi connectivity index (χ0v) is 13.4. The number of hydrogen-bond donors (Lipinski definition) is 1. The molecule has 1 nitrogen and oxygen atoms in total. The van der Waals surface area contributed by atoms with Gasteiger partial charge in [0, 0.05) is 0 Å². The summed E-state index contributed by atoms with van der Waals surface area (Å²) >= 11 is 1.17. The summed E-state index contributed by atoms with van der Waals surface area (Å²) in [7, 11) is 0. The average Bonchev–Trinajstić information content (AvgIpc) is 2.40. The van der Waals surface area contributed by atoms with Gasteiger partial charge in [-0.2, -0.15) is 0 Å². The Morgan fingerprint density at radius 2 is 1.00 bits per heavy atom. The summed E-state index contributed by atoms with van der Waals surface area (Å²) in [6.45, 7) is 0. The van der Waals surface area contributed by atoms with Crippen LogP contribution in [0, 0.1) is 0 Å². The first kappa shape index (κ1) is 12.7. The second-order valence-corrected chi connectivity index (χ2v) is 7.27. The van der Waals surface area contributed by atoms with Crippen LogP contribution in [0.5, 0.6) is 0 Å². The summed E-state index contributed by atoms with van der Waals surface area (Å²) in [5, 5.41) is 3.42. The average molecular weight is 355 g/mol. The van der Waals surface area contributed by atoms with E-state index in [1.54, 1.807) is 0 Å². The molecule has 88 valence electrons. The molecule has 0 unspecified atom stereocenters. The minimum absolute atomic E-state index is 0.587. The molecule has 0 radical (unpaired) electrons. The van der Waals surface area contributed by atoms with E-state index < -0.39 is 0 Å². The summed E-state index contributed by atoms with van der Waals surface area (Å²) < 4.78 is 2.87. The Hall–Kier alpha value is -0.721. The molecule has 0 bridgehead atoms. The molecule has 2 aromatic carbocycles. The molecule has 0 amide bonds. The van der Waals surface area contributed by atoms with Gasteiger partial charge in [0.05, 0.1) is 0 Å². The van der Waals surface area contributed by atoms with Crippen molar-refractivity contribution >= 4 is 50.2 Å². The quantitative estimate of drug-likeness (QED) is 0.830. The summed E-state index contributed by atoms with van der Waals surface area (Å²) in [6, 6.07) is 17.4. The summed E-state index contributed by atoms with van der Waals surface area (Å²) in [5.74, 6) is 4.47. The van der Waals surface area contributed by atoms with Gasteiger partial charge in [-0.25, -0.2) is 0 Å². The second kappa shape index (κ2) is 6.28. The van der Waals surface area contributed by atoms with Gasteiger partial charge >= 0.3 is 116 Å². The molecular formula is C14H15NSe2. The van der Waals surface area contributed by atoms with Crippen molar-refractivity contribution in [3.05, 3.63) is 48.5 Å². The van der Waals surface area contributed by atoms with Crippen molar-refractivity contribution in [2.45, 2.75) is 11.6 Å². The van der Waals surface area contributed by atoms with Crippen LogP contribution in [0.15, 0.2) is 48.5 Å². The van der Waals surface area contributed by atoms with E-state index in [9.17, 15) is 0 Å². The third kappa shape index (κ3) is 3.62. The zero-order valence-electron chi connectivity index (χ0n) is 9.94. The molecule has 17 heavy (non-hydrogen) atoms. The van der Waals surface area contributed by atoms with Gasteiger partial charge in [-0.15, -0.1) is 0 Å². The standard InChI is InChI=1S/C14H15NSe2/c1-16-13-7-3-11(4-8-13)15-12-5-9-14(17-2)10-6-12/h3-10,15H,1-2H3. The number of hydrogen-bond acceptors (Lipinski definition) is 1. The predicted octanol–water partition coefficient (Wildman–Crippen LogP) is 2.19. The molecule has 0 aliphatic heterocycles. The van der Waals surface area contributed by atoms with E-state index in [2.05, 4.69) is 65.5 Å². The van der Waals surface area contributed by atoms with Gasteiger partial charge in [0.1, 0.15) is 0 Å². The van der Waals surface area contributed by atoms with Gasteiger partial charge in [-0.1, -0.05) is 0 Å². The van der Waals surface area contributed by atoms with Gasteiger partial charge < -0.3 is 0 Å². The van der Waals surface area contributed by atoms with Crippen molar-refractivity contribution in [3.63, 3.8) is 0 Å². The number of anilines is 2. The maximum absolute atomic E-state index is 3.42. The van der Waals surface area contributed by atoms with Crippen LogP contribution in [0.2, 0.25) is 11.6 Å². The Labute approximate surface area is 115 Å². The first-order valence-electron chi connectivity index (χ1n) is 5.37. The first-order valence-corrected chi connectivity index (χ1v) is 10.5. The van der Waals surface area contributed by atoms with Crippen LogP contribution in [0.1, 0.15) is 0 Å². The normalized spacial score (nSPS) is 10.2. The van der Waals surface area contributed by atoms with E-state index in [0.29, 0.717) is 29.9 Å². The van der Waals surface area contributed by atoms with E-state index in [4.69, 9.17) is 0 Å². The van der Waals surface area contributed by atoms with Crippen LogP contribution < -0.4 is 14.2 Å². The monoisotopic (exact) mass is 357 g/mol. The Balaban J connectivity index is 2.08. The van der Waals surface area contributed by atoms with Gasteiger partial charge in [0.2, 0.25) is 0 Å². The maximum atomic E-state index is 3.42. The van der Waals surface area contributed by atoms with Gasteiger partial charge in [-0.3, -0.25) is 0 Å². The fourth-order valence-corrected chi connectivity index (χ4v) is 3.23. The van der Waals surface area contributed by atoms with E-state index in [0.717, 1.165) is 11.4 Å². The van der Waals surface area contributed by atoms with Crippen molar-refractivity contribution in [3.8, 4) is 0 Å². The third-order valence-corrected chi connectivity index (χ3v) is 5.59. The second-order valence-electron chi connectivity index (χ2n) is 3.58. The van der Waals surface area contributed by atoms with Gasteiger partial charge in [0.15, 0.2) is 0 Å². The molecule has 2 rings (SSSR count). The van der Waals surface area contributed by atoms with E-state index in [-0.39, 0.29) is 0 Å². The minimum atomic E-state index is 0.587. The molecule has 0 saturated carbocycles. The molecule has 0 fully saturated rings. The molecule has 0 atom stereocenters. The number of nitrogens with one attached hydrogen (secondary N) is 1. The molecule has 0 spiro atoms. The van der Waals surface area contributed by atoms with Crippen LogP contribution in [0.4, 0.5) is 11.4 Å². The fourth-order valence-electron chi connectivity index (χ4n) is 1.52. The Kier molecular flexibility index (Phi) is 4.70. The topological polar surface area (TPSA) is 12.0 Å². The Bertz CT molecular complexity index is 417. The molecule has 0 aliphatic carbocycles. The molecular weight excluding hydrogens is 340 g/mol. The number of benzene rings is 2. The van der Waals surface area contributed by atoms with Gasteiger partial charge in [-0.05, 0) is 0 Å². The fraction of sp³-hybridized carbons (Fsp3) is 0.143. The predicted molar refractivity (Wildman–Crippen MR) is 78.7 cm³/mol. The third-order valence-electron chi connectivity index (χ3n) is 2.47. The molecule has 0 aromatic heterocycles. The van der Waals surface area contributed by atoms with Crippen LogP contribution >= 0.6 is 0 Å². The molecule has 0 saturated heterocycles. The molecule has 2 aromatic rings. The summed E-state index contributed by atoms with van der Waals surface area (Å²) in [4.78, 5) is 0. The molecule has 1 N–H and O–H groups in total. The zero-order chi connectivity index (χ0) is 12.1. The van der Waals surface area contributed by atoms with Crippen LogP contribution in [0.3, 0.4) is 0 Å². The van der Waals surface area contributed by atoms with E-state index in [1.165, 1.54) is 8.92 Å². The van der Waals surface area contributed by atoms with E-state index >= 15 is 0 Å². The van der Waals surface area contributed by atoms with Crippen molar-refractivity contribution in [2.75, 3.05) is 5.32 Å². The van der Waals surface area contributed by atoms with E-state index in [1.807, 2.05) is 0 Å². The molecule has 3 heteroatoms. The Morgan fingerprint density at radius 1 is 0.647 bits per heavy atom. The van der Waals surface area contributed by atoms with Crippen molar-refractivity contribution in [1.82, 2.24) is 0 Å². The Morgan fingerprint density at radius 3 is 1.29 bits per heavy atom. The first-order chi connectivity index (χ1) is 8.31. The van der Waals surface area contributed by atoms with Crippen molar-refractivity contribution < 1.29 is 0 Å². The molecule has 0 aliphatic rings. The van der Waals surface area contributed by atoms with Crippen molar-refractivity contribution in [2.24, 2.45) is 0 Å². The number of rotatable bonds is 4. The molecule has 0 heterocycles. The SMILES string of the molecule is C[Se]c1ccc(Nc2ccc([Se]C)cc2)cc1. The van der Waals surface area contributed by atoms with Crippen LogP contribution in [-0.4, -0.2) is 29.9 Å². The summed E-state index contributed by atoms with van der Waals surface area (Å²) in [5.41, 5.74) is 2.32. The summed E-state index contributed by atoms with van der Waals surface area (Å²) in [6.07, 6.45) is 0. The van der Waals surface area contributed by atoms with Gasteiger partial charge in [0.25, 0.3) is 0 Å². The van der Waals surface area contributed by atoms with Crippen LogP contribution in [-0.2, 0) is 0 Å². The van der Waals surface area contributed by atoms with Crippen molar-refractivity contribution in [1.29, 1.82) is 0 Å².